The summed E-state index contributed by atoms with van der Waals surface area (Å²) in [6.07, 6.45) is 5.65. The highest BCUT2D eigenvalue weighted by atomic mass is 16.4. The maximum atomic E-state index is 13.1. The van der Waals surface area contributed by atoms with E-state index in [9.17, 15) is 4.79 Å². The average molecular weight is 391 g/mol. The molecule has 0 radical (unpaired) electrons. The number of nitrogens with zero attached hydrogens (tertiary/aromatic N) is 5. The topological polar surface area (TPSA) is 77.1 Å². The van der Waals surface area contributed by atoms with Crippen molar-refractivity contribution in [3.05, 3.63) is 47.5 Å². The van der Waals surface area contributed by atoms with Crippen LogP contribution in [0, 0.1) is 6.92 Å². The largest absolute Gasteiger partial charge is 0.420 e. The van der Waals surface area contributed by atoms with Crippen LogP contribution in [0.2, 0.25) is 0 Å². The summed E-state index contributed by atoms with van der Waals surface area (Å²) in [4.78, 5) is 15.1. The third kappa shape index (κ3) is 3.45. The van der Waals surface area contributed by atoms with Crippen molar-refractivity contribution < 1.29 is 9.21 Å². The molecule has 1 aliphatic carbocycles. The van der Waals surface area contributed by atoms with Gasteiger partial charge < -0.3 is 9.32 Å². The predicted octanol–water partition coefficient (Wildman–Crippen LogP) is 4.12. The standard InChI is InChI=1S/C22H25N5O2/c1-14-6-3-4-11-26(14)22(28)17-7-5-8-18(12-17)27-20(16-9-10-16)13-19(25-27)21-24-23-15(2)29-21/h5,7-8,12-14,16H,3-4,6,9-11H2,1-2H3. The van der Waals surface area contributed by atoms with Crippen LogP contribution in [0.1, 0.15) is 66.9 Å². The molecule has 1 aliphatic heterocycles. The fraction of sp³-hybridized carbons (Fsp3) is 0.455. The molecular weight excluding hydrogens is 366 g/mol. The minimum Gasteiger partial charge on any atom is -0.420 e. The van der Waals surface area contributed by atoms with E-state index in [1.54, 1.807) is 6.92 Å². The van der Waals surface area contributed by atoms with E-state index in [4.69, 9.17) is 9.52 Å². The number of piperidine rings is 1. The van der Waals surface area contributed by atoms with Crippen LogP contribution in [0.4, 0.5) is 0 Å². The van der Waals surface area contributed by atoms with Gasteiger partial charge in [-0.3, -0.25) is 4.79 Å². The number of hydrogen-bond acceptors (Lipinski definition) is 5. The monoisotopic (exact) mass is 391 g/mol. The summed E-state index contributed by atoms with van der Waals surface area (Å²) in [5.41, 5.74) is 3.41. The Morgan fingerprint density at radius 2 is 2.00 bits per heavy atom. The van der Waals surface area contributed by atoms with Crippen LogP contribution in [0.3, 0.4) is 0 Å². The van der Waals surface area contributed by atoms with Crippen LogP contribution in [-0.4, -0.2) is 43.4 Å². The zero-order valence-corrected chi connectivity index (χ0v) is 16.8. The Morgan fingerprint density at radius 1 is 1.14 bits per heavy atom. The van der Waals surface area contributed by atoms with Crippen molar-refractivity contribution in [2.45, 2.75) is 57.9 Å². The van der Waals surface area contributed by atoms with Gasteiger partial charge >= 0.3 is 0 Å². The van der Waals surface area contributed by atoms with Crippen LogP contribution in [0.5, 0.6) is 0 Å². The molecule has 0 spiro atoms. The first-order chi connectivity index (χ1) is 14.1. The number of aromatic nitrogens is 4. The van der Waals surface area contributed by atoms with Gasteiger partial charge in [0.05, 0.1) is 5.69 Å². The van der Waals surface area contributed by atoms with Gasteiger partial charge in [0.25, 0.3) is 11.8 Å². The Labute approximate surface area is 169 Å². The molecule has 29 heavy (non-hydrogen) atoms. The number of aryl methyl sites for hydroxylation is 1. The van der Waals surface area contributed by atoms with Crippen molar-refractivity contribution >= 4 is 5.91 Å². The Kier molecular flexibility index (Phi) is 4.45. The molecular formula is C22H25N5O2. The Hall–Kier alpha value is -2.96. The first-order valence-corrected chi connectivity index (χ1v) is 10.4. The molecule has 1 saturated heterocycles. The maximum absolute atomic E-state index is 13.1. The van der Waals surface area contributed by atoms with Gasteiger partial charge in [-0.1, -0.05) is 6.07 Å². The lowest BCUT2D eigenvalue weighted by Crippen LogP contribution is -2.42. The van der Waals surface area contributed by atoms with Crippen LogP contribution in [0.25, 0.3) is 17.3 Å². The molecule has 5 rings (SSSR count). The van der Waals surface area contributed by atoms with Crippen LogP contribution < -0.4 is 0 Å². The van der Waals surface area contributed by atoms with Gasteiger partial charge in [0, 0.05) is 36.7 Å². The highest BCUT2D eigenvalue weighted by Crippen LogP contribution is 2.42. The van der Waals surface area contributed by atoms with Crippen LogP contribution in [0.15, 0.2) is 34.7 Å². The second-order valence-electron chi connectivity index (χ2n) is 8.16. The molecule has 0 bridgehead atoms. The van der Waals surface area contributed by atoms with E-state index in [2.05, 4.69) is 17.1 Å². The number of likely N-dealkylation sites (tertiary alicyclic amines) is 1. The van der Waals surface area contributed by atoms with Gasteiger partial charge in [-0.2, -0.15) is 5.10 Å². The zero-order valence-electron chi connectivity index (χ0n) is 16.8. The van der Waals surface area contributed by atoms with Gasteiger partial charge in [0.2, 0.25) is 5.89 Å². The SMILES string of the molecule is Cc1nnc(-c2cc(C3CC3)n(-c3cccc(C(=O)N4CCCCC4C)c3)n2)o1. The molecule has 2 aromatic heterocycles. The summed E-state index contributed by atoms with van der Waals surface area (Å²) >= 11 is 0. The maximum Gasteiger partial charge on any atom is 0.268 e. The predicted molar refractivity (Wildman–Crippen MR) is 108 cm³/mol. The summed E-state index contributed by atoms with van der Waals surface area (Å²) in [6.45, 7) is 4.74. The van der Waals surface area contributed by atoms with E-state index in [1.807, 2.05) is 39.9 Å². The summed E-state index contributed by atoms with van der Waals surface area (Å²) in [5, 5.41) is 12.8. The van der Waals surface area contributed by atoms with E-state index in [0.29, 0.717) is 35.0 Å². The smallest absolute Gasteiger partial charge is 0.268 e. The molecule has 1 saturated carbocycles. The summed E-state index contributed by atoms with van der Waals surface area (Å²) in [5.74, 6) is 1.54. The summed E-state index contributed by atoms with van der Waals surface area (Å²) in [7, 11) is 0. The molecule has 1 amide bonds. The van der Waals surface area contributed by atoms with Gasteiger partial charge in [0.1, 0.15) is 5.69 Å². The van der Waals surface area contributed by atoms with Gasteiger partial charge in [-0.05, 0) is 63.3 Å². The first-order valence-electron chi connectivity index (χ1n) is 10.4. The number of benzene rings is 1. The molecule has 0 N–H and O–H groups in total. The van der Waals surface area contributed by atoms with E-state index in [0.717, 1.165) is 43.6 Å². The molecule has 7 heteroatoms. The molecule has 7 nitrogen and oxygen atoms in total. The van der Waals surface area contributed by atoms with E-state index in [-0.39, 0.29) is 5.91 Å². The Morgan fingerprint density at radius 3 is 2.72 bits per heavy atom. The Bertz CT molecular complexity index is 1050. The van der Waals surface area contributed by atoms with E-state index >= 15 is 0 Å². The molecule has 2 aliphatic rings. The van der Waals surface area contributed by atoms with Gasteiger partial charge in [-0.15, -0.1) is 10.2 Å². The van der Waals surface area contributed by atoms with Crippen molar-refractivity contribution in [1.29, 1.82) is 0 Å². The minimum absolute atomic E-state index is 0.104. The lowest BCUT2D eigenvalue weighted by Gasteiger charge is -2.33. The second kappa shape index (κ2) is 7.13. The third-order valence-electron chi connectivity index (χ3n) is 5.88. The highest BCUT2D eigenvalue weighted by molar-refractivity contribution is 5.95. The minimum atomic E-state index is 0.104. The lowest BCUT2D eigenvalue weighted by molar-refractivity contribution is 0.0635. The lowest BCUT2D eigenvalue weighted by atomic mass is 10.0. The van der Waals surface area contributed by atoms with E-state index in [1.165, 1.54) is 6.42 Å². The number of rotatable bonds is 4. The zero-order chi connectivity index (χ0) is 20.0. The van der Waals surface area contributed by atoms with Crippen molar-refractivity contribution in [2.75, 3.05) is 6.54 Å². The quantitative estimate of drug-likeness (QED) is 0.668. The van der Waals surface area contributed by atoms with Crippen molar-refractivity contribution in [3.63, 3.8) is 0 Å². The van der Waals surface area contributed by atoms with Crippen LogP contribution >= 0.6 is 0 Å². The van der Waals surface area contributed by atoms with Crippen molar-refractivity contribution in [2.24, 2.45) is 0 Å². The summed E-state index contributed by atoms with van der Waals surface area (Å²) in [6, 6.07) is 10.1. The average Bonchev–Trinajstić information content (AvgIpc) is 3.33. The molecule has 150 valence electrons. The molecule has 1 aromatic carbocycles. The highest BCUT2D eigenvalue weighted by Gasteiger charge is 2.30. The second-order valence-corrected chi connectivity index (χ2v) is 8.16. The molecule has 1 atom stereocenters. The fourth-order valence-electron chi connectivity index (χ4n) is 4.11. The van der Waals surface area contributed by atoms with Gasteiger partial charge in [-0.25, -0.2) is 4.68 Å². The fourth-order valence-corrected chi connectivity index (χ4v) is 4.11. The third-order valence-corrected chi connectivity index (χ3v) is 5.88. The van der Waals surface area contributed by atoms with Crippen molar-refractivity contribution in [1.82, 2.24) is 24.9 Å². The summed E-state index contributed by atoms with van der Waals surface area (Å²) < 4.78 is 7.50. The number of hydrogen-bond donors (Lipinski definition) is 0. The molecule has 3 aromatic rings. The number of carbonyl (C=O) groups is 1. The molecule has 3 heterocycles. The first kappa shape index (κ1) is 18.1. The Balaban J connectivity index is 1.50. The van der Waals surface area contributed by atoms with Gasteiger partial charge in [0.15, 0.2) is 0 Å². The van der Waals surface area contributed by atoms with E-state index < -0.39 is 0 Å². The normalized spacial score (nSPS) is 19.5. The van der Waals surface area contributed by atoms with Crippen LogP contribution in [-0.2, 0) is 0 Å². The molecule has 2 fully saturated rings. The molecule has 1 unspecified atom stereocenters. The number of amides is 1. The van der Waals surface area contributed by atoms with Crippen molar-refractivity contribution in [3.8, 4) is 17.3 Å². The number of carbonyl (C=O) groups excluding carboxylic acids is 1.